The van der Waals surface area contributed by atoms with Crippen molar-refractivity contribution in [2.75, 3.05) is 19.5 Å². The molecule has 0 aliphatic carbocycles. The molecule has 2 aromatic rings. The Hall–Kier alpha value is -2.27. The summed E-state index contributed by atoms with van der Waals surface area (Å²) >= 11 is 5.75. The predicted molar refractivity (Wildman–Crippen MR) is 78.9 cm³/mol. The summed E-state index contributed by atoms with van der Waals surface area (Å²) in [6.45, 7) is 0. The summed E-state index contributed by atoms with van der Waals surface area (Å²) in [5.74, 6) is -0.488. The first-order chi connectivity index (χ1) is 10.0. The van der Waals surface area contributed by atoms with Gasteiger partial charge in [-0.3, -0.25) is 4.79 Å². The van der Waals surface area contributed by atoms with Gasteiger partial charge in [0, 0.05) is 22.7 Å². The van der Waals surface area contributed by atoms with Crippen molar-refractivity contribution in [1.82, 2.24) is 0 Å². The van der Waals surface area contributed by atoms with E-state index in [0.29, 0.717) is 16.3 Å². The van der Waals surface area contributed by atoms with Gasteiger partial charge in [-0.25, -0.2) is 4.39 Å². The van der Waals surface area contributed by atoms with Gasteiger partial charge in [-0.2, -0.15) is 0 Å². The zero-order chi connectivity index (χ0) is 15.4. The first kappa shape index (κ1) is 15.1. The van der Waals surface area contributed by atoms with Gasteiger partial charge >= 0.3 is 0 Å². The summed E-state index contributed by atoms with van der Waals surface area (Å²) in [6, 6.07) is 8.79. The van der Waals surface area contributed by atoms with Crippen LogP contribution in [0.3, 0.4) is 0 Å². The Labute approximate surface area is 126 Å². The monoisotopic (exact) mass is 309 g/mol. The van der Waals surface area contributed by atoms with E-state index in [9.17, 15) is 9.18 Å². The Morgan fingerprint density at radius 2 is 1.67 bits per heavy atom. The molecule has 0 radical (unpaired) electrons. The van der Waals surface area contributed by atoms with Gasteiger partial charge in [-0.05, 0) is 24.3 Å². The molecule has 4 nitrogen and oxygen atoms in total. The van der Waals surface area contributed by atoms with Crippen LogP contribution in [0.25, 0.3) is 0 Å². The van der Waals surface area contributed by atoms with Crippen LogP contribution < -0.4 is 14.8 Å². The maximum Gasteiger partial charge on any atom is 0.255 e. The van der Waals surface area contributed by atoms with Crippen molar-refractivity contribution in [3.05, 3.63) is 52.8 Å². The summed E-state index contributed by atoms with van der Waals surface area (Å²) in [4.78, 5) is 12.0. The first-order valence-electron chi connectivity index (χ1n) is 6.03. The van der Waals surface area contributed by atoms with Crippen molar-refractivity contribution in [1.29, 1.82) is 0 Å². The standard InChI is InChI=1S/C15H13ClFNO3/c1-20-13-7-11(17)12(8-14(13)21-2)18-15(19)9-3-5-10(16)6-4-9/h3-8H,1-2H3,(H,18,19). The molecule has 2 rings (SSSR count). The Morgan fingerprint density at radius 3 is 2.24 bits per heavy atom. The number of carbonyl (C=O) groups is 1. The molecule has 0 atom stereocenters. The minimum Gasteiger partial charge on any atom is -0.493 e. The van der Waals surface area contributed by atoms with Crippen LogP contribution in [0.2, 0.25) is 5.02 Å². The van der Waals surface area contributed by atoms with Gasteiger partial charge in [-0.1, -0.05) is 11.6 Å². The van der Waals surface area contributed by atoms with E-state index in [-0.39, 0.29) is 11.4 Å². The van der Waals surface area contributed by atoms with Gasteiger partial charge in [0.2, 0.25) is 0 Å². The quantitative estimate of drug-likeness (QED) is 0.935. The molecule has 1 amide bonds. The van der Waals surface area contributed by atoms with Gasteiger partial charge in [0.1, 0.15) is 0 Å². The van der Waals surface area contributed by atoms with Gasteiger partial charge < -0.3 is 14.8 Å². The minimum absolute atomic E-state index is 0.00704. The van der Waals surface area contributed by atoms with E-state index < -0.39 is 11.7 Å². The van der Waals surface area contributed by atoms with Gasteiger partial charge in [0.25, 0.3) is 5.91 Å². The summed E-state index contributed by atoms with van der Waals surface area (Å²) < 4.78 is 24.0. The molecule has 0 bridgehead atoms. The SMILES string of the molecule is COc1cc(F)c(NC(=O)c2ccc(Cl)cc2)cc1OC. The molecule has 0 saturated carbocycles. The number of carbonyl (C=O) groups excluding carboxylic acids is 1. The lowest BCUT2D eigenvalue weighted by Gasteiger charge is -2.12. The number of benzene rings is 2. The number of halogens is 2. The smallest absolute Gasteiger partial charge is 0.255 e. The molecule has 110 valence electrons. The molecule has 0 spiro atoms. The van der Waals surface area contributed by atoms with Crippen LogP contribution in [-0.2, 0) is 0 Å². The van der Waals surface area contributed by atoms with E-state index in [0.717, 1.165) is 6.07 Å². The number of anilines is 1. The summed E-state index contributed by atoms with van der Waals surface area (Å²) in [6.07, 6.45) is 0. The molecule has 0 fully saturated rings. The molecule has 0 heterocycles. The maximum atomic E-state index is 13.9. The average Bonchev–Trinajstić information content (AvgIpc) is 2.49. The molecule has 21 heavy (non-hydrogen) atoms. The van der Waals surface area contributed by atoms with Crippen molar-refractivity contribution in [2.24, 2.45) is 0 Å². The second kappa shape index (κ2) is 6.45. The maximum absolute atomic E-state index is 13.9. The highest BCUT2D eigenvalue weighted by Crippen LogP contribution is 2.32. The molecule has 0 aliphatic rings. The molecule has 2 aromatic carbocycles. The van der Waals surface area contributed by atoms with E-state index >= 15 is 0 Å². The van der Waals surface area contributed by atoms with Gasteiger partial charge in [-0.15, -0.1) is 0 Å². The third kappa shape index (κ3) is 3.44. The third-order valence-electron chi connectivity index (χ3n) is 2.83. The Balaban J connectivity index is 2.26. The fourth-order valence-electron chi connectivity index (χ4n) is 1.75. The zero-order valence-electron chi connectivity index (χ0n) is 11.4. The van der Waals surface area contributed by atoms with Crippen molar-refractivity contribution >= 4 is 23.2 Å². The normalized spacial score (nSPS) is 10.1. The number of rotatable bonds is 4. The highest BCUT2D eigenvalue weighted by atomic mass is 35.5. The van der Waals surface area contributed by atoms with E-state index in [1.807, 2.05) is 0 Å². The minimum atomic E-state index is -0.616. The Kier molecular flexibility index (Phi) is 4.65. The zero-order valence-corrected chi connectivity index (χ0v) is 12.2. The van der Waals surface area contributed by atoms with Crippen molar-refractivity contribution < 1.29 is 18.7 Å². The van der Waals surface area contributed by atoms with Crippen LogP contribution in [0.5, 0.6) is 11.5 Å². The highest BCUT2D eigenvalue weighted by Gasteiger charge is 2.14. The van der Waals surface area contributed by atoms with E-state index in [4.69, 9.17) is 21.1 Å². The fraction of sp³-hybridized carbons (Fsp3) is 0.133. The molecule has 0 aromatic heterocycles. The number of methoxy groups -OCH3 is 2. The fourth-order valence-corrected chi connectivity index (χ4v) is 1.87. The van der Waals surface area contributed by atoms with E-state index in [2.05, 4.69) is 5.32 Å². The average molecular weight is 310 g/mol. The number of hydrogen-bond acceptors (Lipinski definition) is 3. The molecule has 1 N–H and O–H groups in total. The summed E-state index contributed by atoms with van der Waals surface area (Å²) in [7, 11) is 2.84. The van der Waals surface area contributed by atoms with Crippen LogP contribution in [0.4, 0.5) is 10.1 Å². The summed E-state index contributed by atoms with van der Waals surface area (Å²) in [5.41, 5.74) is 0.376. The molecular weight excluding hydrogens is 297 g/mol. The number of hydrogen-bond donors (Lipinski definition) is 1. The predicted octanol–water partition coefficient (Wildman–Crippen LogP) is 3.75. The first-order valence-corrected chi connectivity index (χ1v) is 6.41. The van der Waals surface area contributed by atoms with E-state index in [1.54, 1.807) is 24.3 Å². The van der Waals surface area contributed by atoms with Crippen LogP contribution in [-0.4, -0.2) is 20.1 Å². The van der Waals surface area contributed by atoms with Crippen molar-refractivity contribution in [3.63, 3.8) is 0 Å². The van der Waals surface area contributed by atoms with Crippen LogP contribution in [0.1, 0.15) is 10.4 Å². The van der Waals surface area contributed by atoms with Gasteiger partial charge in [0.15, 0.2) is 17.3 Å². The lowest BCUT2D eigenvalue weighted by Crippen LogP contribution is -2.13. The molecule has 0 unspecified atom stereocenters. The third-order valence-corrected chi connectivity index (χ3v) is 3.08. The van der Waals surface area contributed by atoms with Gasteiger partial charge in [0.05, 0.1) is 19.9 Å². The topological polar surface area (TPSA) is 47.6 Å². The second-order valence-corrected chi connectivity index (χ2v) is 4.58. The number of amides is 1. The number of nitrogens with one attached hydrogen (secondary N) is 1. The second-order valence-electron chi connectivity index (χ2n) is 4.15. The van der Waals surface area contributed by atoms with Crippen molar-refractivity contribution in [3.8, 4) is 11.5 Å². The number of ether oxygens (including phenoxy) is 2. The highest BCUT2D eigenvalue weighted by molar-refractivity contribution is 6.30. The molecule has 0 saturated heterocycles. The Bertz CT molecular complexity index is 659. The van der Waals surface area contributed by atoms with E-state index in [1.165, 1.54) is 20.3 Å². The molecule has 0 aliphatic heterocycles. The molecular formula is C15H13ClFNO3. The largest absolute Gasteiger partial charge is 0.493 e. The van der Waals surface area contributed by atoms with Crippen LogP contribution >= 0.6 is 11.6 Å². The summed E-state index contributed by atoms with van der Waals surface area (Å²) in [5, 5.41) is 3.00. The Morgan fingerprint density at radius 1 is 1.10 bits per heavy atom. The van der Waals surface area contributed by atoms with Crippen LogP contribution in [0.15, 0.2) is 36.4 Å². The van der Waals surface area contributed by atoms with Crippen LogP contribution in [0, 0.1) is 5.82 Å². The van der Waals surface area contributed by atoms with Crippen molar-refractivity contribution in [2.45, 2.75) is 0 Å². The lowest BCUT2D eigenvalue weighted by atomic mass is 10.2. The lowest BCUT2D eigenvalue weighted by molar-refractivity contribution is 0.102. The molecule has 6 heteroatoms.